The van der Waals surface area contributed by atoms with Crippen LogP contribution in [0.5, 0.6) is 0 Å². The van der Waals surface area contributed by atoms with Gasteiger partial charge in [0.25, 0.3) is 0 Å². The van der Waals surface area contributed by atoms with Gasteiger partial charge in [0.1, 0.15) is 0 Å². The van der Waals surface area contributed by atoms with E-state index >= 15 is 0 Å². The van der Waals surface area contributed by atoms with Gasteiger partial charge in [0.2, 0.25) is 0 Å². The van der Waals surface area contributed by atoms with Gasteiger partial charge in [-0.1, -0.05) is 11.6 Å². The molecule has 0 saturated carbocycles. The van der Waals surface area contributed by atoms with E-state index in [1.807, 2.05) is 0 Å². The molecule has 1 aromatic heterocycles. The molecular weight excluding hydrogens is 214 g/mol. The Morgan fingerprint density at radius 2 is 2.07 bits per heavy atom. The van der Waals surface area contributed by atoms with Gasteiger partial charge in [0.05, 0.1) is 16.3 Å². The van der Waals surface area contributed by atoms with Gasteiger partial charge in [0.15, 0.2) is 0 Å². The fraction of sp³-hybridized carbons (Fsp3) is 0.455. The Labute approximate surface area is 93.1 Å². The maximum Gasteiger partial charge on any atom is 0.337 e. The van der Waals surface area contributed by atoms with E-state index in [0.717, 1.165) is 36.9 Å². The van der Waals surface area contributed by atoms with E-state index < -0.39 is 5.97 Å². The first kappa shape index (κ1) is 10.4. The number of aromatic carboxylic acids is 1. The van der Waals surface area contributed by atoms with Crippen molar-refractivity contribution in [1.82, 2.24) is 4.98 Å². The first-order valence-corrected chi connectivity index (χ1v) is 5.40. The van der Waals surface area contributed by atoms with Crippen LogP contribution in [0.25, 0.3) is 0 Å². The smallest absolute Gasteiger partial charge is 0.337 e. The summed E-state index contributed by atoms with van der Waals surface area (Å²) in [5.74, 6) is -0.941. The molecule has 0 spiro atoms. The number of aryl methyl sites for hydroxylation is 2. The van der Waals surface area contributed by atoms with Crippen molar-refractivity contribution >= 4 is 17.6 Å². The number of carboxylic acids is 1. The summed E-state index contributed by atoms with van der Waals surface area (Å²) in [6, 6.07) is 0. The number of hydrogen-bond acceptors (Lipinski definition) is 2. The number of rotatable bonds is 1. The second-order valence-electron chi connectivity index (χ2n) is 3.82. The Morgan fingerprint density at radius 1 is 1.40 bits per heavy atom. The number of carbonyl (C=O) groups is 1. The van der Waals surface area contributed by atoms with Crippen LogP contribution in [0.3, 0.4) is 0 Å². The predicted molar refractivity (Wildman–Crippen MR) is 57.6 cm³/mol. The highest BCUT2D eigenvalue weighted by molar-refractivity contribution is 6.34. The molecule has 0 saturated heterocycles. The molecule has 1 aliphatic carbocycles. The number of aromatic nitrogens is 1. The van der Waals surface area contributed by atoms with Crippen LogP contribution < -0.4 is 0 Å². The summed E-state index contributed by atoms with van der Waals surface area (Å²) in [5, 5.41) is 9.43. The topological polar surface area (TPSA) is 50.2 Å². The van der Waals surface area contributed by atoms with E-state index in [1.165, 1.54) is 0 Å². The molecule has 1 N–H and O–H groups in total. The van der Waals surface area contributed by atoms with Gasteiger partial charge in [-0.2, -0.15) is 0 Å². The van der Waals surface area contributed by atoms with E-state index in [4.69, 9.17) is 16.7 Å². The second kappa shape index (κ2) is 3.81. The monoisotopic (exact) mass is 225 g/mol. The highest BCUT2D eigenvalue weighted by Gasteiger charge is 2.23. The van der Waals surface area contributed by atoms with Crippen molar-refractivity contribution in [2.45, 2.75) is 32.6 Å². The SMILES string of the molecule is Cc1nc2c(c(C(=O)O)c1Cl)CCCC2. The first-order chi connectivity index (χ1) is 7.11. The van der Waals surface area contributed by atoms with Crippen LogP contribution >= 0.6 is 11.6 Å². The van der Waals surface area contributed by atoms with Gasteiger partial charge in [-0.3, -0.25) is 4.98 Å². The van der Waals surface area contributed by atoms with E-state index in [2.05, 4.69) is 4.98 Å². The van der Waals surface area contributed by atoms with Crippen LogP contribution in [0.15, 0.2) is 0 Å². The molecule has 0 radical (unpaired) electrons. The van der Waals surface area contributed by atoms with Gasteiger partial charge in [-0.05, 0) is 38.2 Å². The number of carboxylic acid groups (broad SMARTS) is 1. The van der Waals surface area contributed by atoms with Crippen LogP contribution in [0.4, 0.5) is 0 Å². The Balaban J connectivity index is 2.68. The molecule has 0 unspecified atom stereocenters. The largest absolute Gasteiger partial charge is 0.478 e. The van der Waals surface area contributed by atoms with Crippen LogP contribution in [0, 0.1) is 6.92 Å². The summed E-state index contributed by atoms with van der Waals surface area (Å²) in [4.78, 5) is 15.5. The van der Waals surface area contributed by atoms with E-state index in [-0.39, 0.29) is 5.56 Å². The van der Waals surface area contributed by atoms with Crippen molar-refractivity contribution in [1.29, 1.82) is 0 Å². The minimum absolute atomic E-state index is 0.263. The Kier molecular flexibility index (Phi) is 2.65. The van der Waals surface area contributed by atoms with Crippen molar-refractivity contribution in [3.8, 4) is 0 Å². The summed E-state index contributed by atoms with van der Waals surface area (Å²) >= 11 is 5.98. The van der Waals surface area contributed by atoms with Crippen molar-refractivity contribution in [2.75, 3.05) is 0 Å². The van der Waals surface area contributed by atoms with Crippen LogP contribution in [-0.4, -0.2) is 16.1 Å². The molecular formula is C11H12ClNO2. The number of fused-ring (bicyclic) bond motifs is 1. The lowest BCUT2D eigenvalue weighted by molar-refractivity contribution is 0.0695. The number of halogens is 1. The van der Waals surface area contributed by atoms with Gasteiger partial charge >= 0.3 is 5.97 Å². The first-order valence-electron chi connectivity index (χ1n) is 5.02. The molecule has 1 aromatic rings. The molecule has 0 atom stereocenters. The third-order valence-electron chi connectivity index (χ3n) is 2.79. The number of pyridine rings is 1. The summed E-state index contributed by atoms with van der Waals surface area (Å²) in [6.45, 7) is 1.75. The summed E-state index contributed by atoms with van der Waals surface area (Å²) in [7, 11) is 0. The zero-order chi connectivity index (χ0) is 11.0. The third-order valence-corrected chi connectivity index (χ3v) is 3.26. The molecule has 1 heterocycles. The van der Waals surface area contributed by atoms with Crippen LogP contribution in [-0.2, 0) is 12.8 Å². The Morgan fingerprint density at radius 3 is 2.73 bits per heavy atom. The van der Waals surface area contributed by atoms with Gasteiger partial charge < -0.3 is 5.11 Å². The molecule has 3 nitrogen and oxygen atoms in total. The minimum atomic E-state index is -0.941. The highest BCUT2D eigenvalue weighted by Crippen LogP contribution is 2.30. The van der Waals surface area contributed by atoms with Crippen molar-refractivity contribution < 1.29 is 9.90 Å². The minimum Gasteiger partial charge on any atom is -0.478 e. The molecule has 80 valence electrons. The molecule has 0 fully saturated rings. The Bertz CT molecular complexity index is 429. The standard InChI is InChI=1S/C11H12ClNO2/c1-6-10(12)9(11(14)15)7-4-2-3-5-8(7)13-6/h2-5H2,1H3,(H,14,15). The summed E-state index contributed by atoms with van der Waals surface area (Å²) in [5.41, 5.74) is 2.64. The normalized spacial score (nSPS) is 14.8. The van der Waals surface area contributed by atoms with E-state index in [9.17, 15) is 4.79 Å². The second-order valence-corrected chi connectivity index (χ2v) is 4.20. The molecule has 15 heavy (non-hydrogen) atoms. The highest BCUT2D eigenvalue weighted by atomic mass is 35.5. The number of nitrogens with zero attached hydrogens (tertiary/aromatic N) is 1. The zero-order valence-electron chi connectivity index (χ0n) is 8.51. The molecule has 0 aromatic carbocycles. The van der Waals surface area contributed by atoms with Gasteiger partial charge in [-0.15, -0.1) is 0 Å². The average Bonchev–Trinajstić information content (AvgIpc) is 2.19. The fourth-order valence-corrected chi connectivity index (χ4v) is 2.31. The lowest BCUT2D eigenvalue weighted by Gasteiger charge is -2.18. The van der Waals surface area contributed by atoms with Crippen molar-refractivity contribution in [2.24, 2.45) is 0 Å². The molecule has 0 aliphatic heterocycles. The zero-order valence-corrected chi connectivity index (χ0v) is 9.26. The Hall–Kier alpha value is -1.09. The summed E-state index contributed by atoms with van der Waals surface area (Å²) in [6.07, 6.45) is 3.76. The van der Waals surface area contributed by atoms with Crippen LogP contribution in [0.1, 0.15) is 40.2 Å². The number of hydrogen-bond donors (Lipinski definition) is 1. The van der Waals surface area contributed by atoms with E-state index in [1.54, 1.807) is 6.92 Å². The molecule has 1 aliphatic rings. The molecule has 0 bridgehead atoms. The van der Waals surface area contributed by atoms with E-state index in [0.29, 0.717) is 10.7 Å². The van der Waals surface area contributed by atoms with Crippen LogP contribution in [0.2, 0.25) is 5.02 Å². The molecule has 0 amide bonds. The summed E-state index contributed by atoms with van der Waals surface area (Å²) < 4.78 is 0. The molecule has 4 heteroatoms. The lowest BCUT2D eigenvalue weighted by atomic mass is 9.91. The maximum absolute atomic E-state index is 11.1. The third kappa shape index (κ3) is 1.72. The fourth-order valence-electron chi connectivity index (χ4n) is 2.07. The van der Waals surface area contributed by atoms with Gasteiger partial charge in [-0.25, -0.2) is 4.79 Å². The van der Waals surface area contributed by atoms with Gasteiger partial charge in [0, 0.05) is 5.69 Å². The molecule has 2 rings (SSSR count). The van der Waals surface area contributed by atoms with Crippen molar-refractivity contribution in [3.63, 3.8) is 0 Å². The average molecular weight is 226 g/mol. The van der Waals surface area contributed by atoms with Crippen molar-refractivity contribution in [3.05, 3.63) is 27.5 Å². The predicted octanol–water partition coefficient (Wildman–Crippen LogP) is 2.62. The quantitative estimate of drug-likeness (QED) is 0.799. The maximum atomic E-state index is 11.1. The lowest BCUT2D eigenvalue weighted by Crippen LogP contribution is -2.14.